The van der Waals surface area contributed by atoms with E-state index in [0.29, 0.717) is 11.7 Å². The van der Waals surface area contributed by atoms with E-state index in [-0.39, 0.29) is 0 Å². The fourth-order valence-electron chi connectivity index (χ4n) is 4.57. The van der Waals surface area contributed by atoms with Gasteiger partial charge in [-0.25, -0.2) is 9.97 Å². The predicted molar refractivity (Wildman–Crippen MR) is 105 cm³/mol. The first-order chi connectivity index (χ1) is 12.8. The molecule has 4 nitrogen and oxygen atoms in total. The first kappa shape index (κ1) is 19.3. The van der Waals surface area contributed by atoms with Gasteiger partial charge in [-0.1, -0.05) is 44.9 Å². The Bertz CT molecular complexity index is 578. The molecule has 0 aromatic carbocycles. The summed E-state index contributed by atoms with van der Waals surface area (Å²) >= 11 is 0. The SMILES string of the molecule is N#Cc1nc(CCCNCC2CCCCC2)cc(C2CCCCCC2)n1. The van der Waals surface area contributed by atoms with Crippen molar-refractivity contribution in [2.75, 3.05) is 13.1 Å². The van der Waals surface area contributed by atoms with Crippen LogP contribution < -0.4 is 5.32 Å². The summed E-state index contributed by atoms with van der Waals surface area (Å²) in [4.78, 5) is 8.99. The van der Waals surface area contributed by atoms with E-state index in [1.54, 1.807) is 0 Å². The smallest absolute Gasteiger partial charge is 0.232 e. The van der Waals surface area contributed by atoms with E-state index in [4.69, 9.17) is 0 Å². The molecule has 0 bridgehead atoms. The van der Waals surface area contributed by atoms with Gasteiger partial charge < -0.3 is 5.32 Å². The van der Waals surface area contributed by atoms with Gasteiger partial charge in [0.05, 0.1) is 0 Å². The molecule has 142 valence electrons. The molecule has 1 aromatic rings. The summed E-state index contributed by atoms with van der Waals surface area (Å²) in [6.45, 7) is 2.21. The lowest BCUT2D eigenvalue weighted by Crippen LogP contribution is -2.25. The van der Waals surface area contributed by atoms with E-state index in [1.165, 1.54) is 77.2 Å². The van der Waals surface area contributed by atoms with Gasteiger partial charge in [-0.15, -0.1) is 0 Å². The van der Waals surface area contributed by atoms with Gasteiger partial charge in [0.1, 0.15) is 6.07 Å². The average Bonchev–Trinajstić information content (AvgIpc) is 2.98. The molecule has 2 saturated carbocycles. The topological polar surface area (TPSA) is 61.6 Å². The lowest BCUT2D eigenvalue weighted by Gasteiger charge is -2.21. The molecule has 0 unspecified atom stereocenters. The zero-order chi connectivity index (χ0) is 18.0. The van der Waals surface area contributed by atoms with Crippen LogP contribution in [0.1, 0.15) is 100 Å². The molecule has 2 aliphatic rings. The minimum absolute atomic E-state index is 0.358. The molecule has 0 spiro atoms. The molecule has 1 N–H and O–H groups in total. The summed E-state index contributed by atoms with van der Waals surface area (Å²) in [5, 5.41) is 12.9. The molecule has 2 fully saturated rings. The predicted octanol–water partition coefficient (Wildman–Crippen LogP) is 4.89. The van der Waals surface area contributed by atoms with Crippen molar-refractivity contribution in [3.8, 4) is 6.07 Å². The Balaban J connectivity index is 1.48. The van der Waals surface area contributed by atoms with Crippen LogP contribution in [0.5, 0.6) is 0 Å². The maximum Gasteiger partial charge on any atom is 0.232 e. The first-order valence-corrected chi connectivity index (χ1v) is 10.8. The van der Waals surface area contributed by atoms with Gasteiger partial charge in [-0.05, 0) is 63.6 Å². The van der Waals surface area contributed by atoms with E-state index < -0.39 is 0 Å². The van der Waals surface area contributed by atoms with E-state index in [0.717, 1.165) is 36.7 Å². The number of aromatic nitrogens is 2. The number of nitrogens with one attached hydrogen (secondary N) is 1. The largest absolute Gasteiger partial charge is 0.316 e. The van der Waals surface area contributed by atoms with Crippen molar-refractivity contribution in [2.24, 2.45) is 5.92 Å². The maximum atomic E-state index is 9.31. The number of hydrogen-bond donors (Lipinski definition) is 1. The van der Waals surface area contributed by atoms with Gasteiger partial charge in [-0.3, -0.25) is 0 Å². The monoisotopic (exact) mass is 354 g/mol. The third kappa shape index (κ3) is 6.06. The lowest BCUT2D eigenvalue weighted by atomic mass is 9.89. The third-order valence-corrected chi connectivity index (χ3v) is 6.12. The minimum Gasteiger partial charge on any atom is -0.316 e. The van der Waals surface area contributed by atoms with Gasteiger partial charge in [0, 0.05) is 17.3 Å². The summed E-state index contributed by atoms with van der Waals surface area (Å²) in [6, 6.07) is 4.35. The van der Waals surface area contributed by atoms with Crippen LogP contribution in [0, 0.1) is 17.2 Å². The highest BCUT2D eigenvalue weighted by Gasteiger charge is 2.18. The van der Waals surface area contributed by atoms with Crippen LogP contribution in [0.3, 0.4) is 0 Å². The molecule has 0 atom stereocenters. The fraction of sp³-hybridized carbons (Fsp3) is 0.773. The lowest BCUT2D eigenvalue weighted by molar-refractivity contribution is 0.342. The zero-order valence-corrected chi connectivity index (χ0v) is 16.2. The van der Waals surface area contributed by atoms with Crippen LogP contribution in [0.4, 0.5) is 0 Å². The molecule has 0 radical (unpaired) electrons. The molecule has 0 saturated heterocycles. The van der Waals surface area contributed by atoms with E-state index >= 15 is 0 Å². The van der Waals surface area contributed by atoms with Crippen molar-refractivity contribution in [1.29, 1.82) is 5.26 Å². The van der Waals surface area contributed by atoms with Crippen LogP contribution in [0.2, 0.25) is 0 Å². The van der Waals surface area contributed by atoms with Crippen molar-refractivity contribution >= 4 is 0 Å². The molecule has 3 rings (SSSR count). The van der Waals surface area contributed by atoms with Gasteiger partial charge in [-0.2, -0.15) is 5.26 Å². The summed E-state index contributed by atoms with van der Waals surface area (Å²) in [5.41, 5.74) is 2.17. The second-order valence-corrected chi connectivity index (χ2v) is 8.22. The van der Waals surface area contributed by atoms with Crippen LogP contribution in [0.15, 0.2) is 6.07 Å². The summed E-state index contributed by atoms with van der Waals surface area (Å²) in [6.07, 6.45) is 16.7. The number of aryl methyl sites for hydroxylation is 1. The Morgan fingerprint density at radius 2 is 1.65 bits per heavy atom. The van der Waals surface area contributed by atoms with Crippen LogP contribution in [0.25, 0.3) is 0 Å². The molecular formula is C22H34N4. The highest BCUT2D eigenvalue weighted by atomic mass is 14.9. The van der Waals surface area contributed by atoms with Crippen LogP contribution in [-0.4, -0.2) is 23.1 Å². The van der Waals surface area contributed by atoms with E-state index in [2.05, 4.69) is 27.4 Å². The van der Waals surface area contributed by atoms with E-state index in [1.807, 2.05) is 0 Å². The molecule has 2 aliphatic carbocycles. The van der Waals surface area contributed by atoms with Gasteiger partial charge in [0.2, 0.25) is 5.82 Å². The second kappa shape index (κ2) is 10.6. The first-order valence-electron chi connectivity index (χ1n) is 10.8. The molecule has 4 heteroatoms. The van der Waals surface area contributed by atoms with Crippen LogP contribution in [-0.2, 0) is 6.42 Å². The Labute approximate surface area is 158 Å². The number of rotatable bonds is 7. The van der Waals surface area contributed by atoms with Crippen molar-refractivity contribution in [2.45, 2.75) is 89.4 Å². The van der Waals surface area contributed by atoms with Crippen molar-refractivity contribution < 1.29 is 0 Å². The van der Waals surface area contributed by atoms with Gasteiger partial charge in [0.25, 0.3) is 0 Å². The molecule has 0 aliphatic heterocycles. The standard InChI is InChI=1S/C22H34N4/c23-16-22-25-20(13-8-14-24-17-18-9-4-3-5-10-18)15-21(26-22)19-11-6-1-2-7-12-19/h15,18-19,24H,1-14,17H2. The molecular weight excluding hydrogens is 320 g/mol. The van der Waals surface area contributed by atoms with Crippen molar-refractivity contribution in [3.05, 3.63) is 23.3 Å². The summed E-state index contributed by atoms with van der Waals surface area (Å²) in [5.74, 6) is 1.77. The number of nitriles is 1. The highest BCUT2D eigenvalue weighted by Crippen LogP contribution is 2.31. The Morgan fingerprint density at radius 3 is 2.38 bits per heavy atom. The molecule has 26 heavy (non-hydrogen) atoms. The van der Waals surface area contributed by atoms with Gasteiger partial charge in [0.15, 0.2) is 0 Å². The fourth-order valence-corrected chi connectivity index (χ4v) is 4.57. The quantitative estimate of drug-likeness (QED) is 0.559. The highest BCUT2D eigenvalue weighted by molar-refractivity contribution is 5.21. The average molecular weight is 355 g/mol. The summed E-state index contributed by atoms with van der Waals surface area (Å²) < 4.78 is 0. The maximum absolute atomic E-state index is 9.31. The molecule has 1 heterocycles. The Morgan fingerprint density at radius 1 is 0.962 bits per heavy atom. The number of hydrogen-bond acceptors (Lipinski definition) is 4. The van der Waals surface area contributed by atoms with Crippen molar-refractivity contribution in [3.63, 3.8) is 0 Å². The van der Waals surface area contributed by atoms with Crippen molar-refractivity contribution in [1.82, 2.24) is 15.3 Å². The molecule has 0 amide bonds. The van der Waals surface area contributed by atoms with Gasteiger partial charge >= 0.3 is 0 Å². The zero-order valence-electron chi connectivity index (χ0n) is 16.2. The van der Waals surface area contributed by atoms with Crippen LogP contribution >= 0.6 is 0 Å². The van der Waals surface area contributed by atoms with E-state index in [9.17, 15) is 5.26 Å². The molecule has 1 aromatic heterocycles. The number of nitrogens with zero attached hydrogens (tertiary/aromatic N) is 3. The second-order valence-electron chi connectivity index (χ2n) is 8.22. The minimum atomic E-state index is 0.358. The third-order valence-electron chi connectivity index (χ3n) is 6.12. The summed E-state index contributed by atoms with van der Waals surface area (Å²) in [7, 11) is 0. The normalized spacial score (nSPS) is 19.8. The Kier molecular flexibility index (Phi) is 7.88. The Hall–Kier alpha value is -1.47.